The van der Waals surface area contributed by atoms with Crippen LogP contribution in [0.15, 0.2) is 65.7 Å². The molecule has 0 fully saturated rings. The Bertz CT molecular complexity index is 1200. The zero-order valence-electron chi connectivity index (χ0n) is 17.9. The lowest BCUT2D eigenvalue weighted by molar-refractivity contribution is 0.0989. The summed E-state index contributed by atoms with van der Waals surface area (Å²) < 4.78 is 11.1. The van der Waals surface area contributed by atoms with Gasteiger partial charge in [-0.3, -0.25) is 14.7 Å². The van der Waals surface area contributed by atoms with Crippen molar-refractivity contribution in [3.05, 3.63) is 82.9 Å². The van der Waals surface area contributed by atoms with Crippen molar-refractivity contribution in [2.24, 2.45) is 4.99 Å². The van der Waals surface area contributed by atoms with Crippen LogP contribution in [0.2, 0.25) is 0 Å². The van der Waals surface area contributed by atoms with Gasteiger partial charge in [-0.05, 0) is 41.3 Å². The van der Waals surface area contributed by atoms with Crippen molar-refractivity contribution in [2.75, 3.05) is 19.1 Å². The van der Waals surface area contributed by atoms with E-state index in [1.807, 2.05) is 41.3 Å². The zero-order valence-corrected chi connectivity index (χ0v) is 17.9. The average Bonchev–Trinajstić information content (AvgIpc) is 2.98. The Hall–Kier alpha value is -3.60. The Balaban J connectivity index is 1.69. The zero-order chi connectivity index (χ0) is 21.5. The summed E-state index contributed by atoms with van der Waals surface area (Å²) in [6, 6.07) is 20.1. The smallest absolute Gasteiger partial charge is 0.263 e. The summed E-state index contributed by atoms with van der Waals surface area (Å²) in [4.78, 5) is 20.5. The number of hydrogen-bond acceptors (Lipinski definition) is 4. The number of aryl methyl sites for hydroxylation is 1. The summed E-state index contributed by atoms with van der Waals surface area (Å²) in [5.74, 6) is 0.965. The molecule has 0 bridgehead atoms. The second kappa shape index (κ2) is 7.58. The number of amides is 1. The molecule has 1 atom stereocenters. The molecule has 156 valence electrons. The number of para-hydroxylation sites is 2. The first-order valence-corrected chi connectivity index (χ1v) is 10.5. The second-order valence-electron chi connectivity index (χ2n) is 7.76. The fraction of sp³-hybridized carbons (Fsp3) is 0.231. The molecule has 5 nitrogen and oxygen atoms in total. The maximum absolute atomic E-state index is 13.7. The molecule has 2 aliphatic rings. The Kier molecular flexibility index (Phi) is 4.74. The molecule has 5 heteroatoms. The topological polar surface area (TPSA) is 51.1 Å². The summed E-state index contributed by atoms with van der Waals surface area (Å²) in [6.45, 7) is 2.15. The van der Waals surface area contributed by atoms with Gasteiger partial charge in [0.2, 0.25) is 0 Å². The van der Waals surface area contributed by atoms with E-state index < -0.39 is 0 Å². The highest BCUT2D eigenvalue weighted by Crippen LogP contribution is 2.50. The number of anilines is 1. The van der Waals surface area contributed by atoms with E-state index in [-0.39, 0.29) is 11.9 Å². The third-order valence-electron chi connectivity index (χ3n) is 6.16. The van der Waals surface area contributed by atoms with E-state index in [1.54, 1.807) is 14.2 Å². The minimum absolute atomic E-state index is 0.0824. The van der Waals surface area contributed by atoms with E-state index in [4.69, 9.17) is 14.5 Å². The lowest BCUT2D eigenvalue weighted by Crippen LogP contribution is -2.28. The van der Waals surface area contributed by atoms with Gasteiger partial charge in [-0.25, -0.2) is 0 Å². The number of rotatable bonds is 4. The summed E-state index contributed by atoms with van der Waals surface area (Å²) in [6.07, 6.45) is 1.61. The van der Waals surface area contributed by atoms with E-state index in [1.165, 1.54) is 5.56 Å². The SMILES string of the molecule is CCc1ccc(C2=Nc3ccccc3N3C(=O)c4c(ccc(OC)c4OC)C3C2)cc1. The standard InChI is InChI=1S/C26H24N2O3/c1-4-16-9-11-17(12-10-16)20-15-22-18-13-14-23(30-2)25(31-3)24(18)26(29)28(22)21-8-6-5-7-19(21)27-20/h5-14,22H,4,15H2,1-3H3. The third kappa shape index (κ3) is 3.00. The highest BCUT2D eigenvalue weighted by Gasteiger charge is 2.43. The third-order valence-corrected chi connectivity index (χ3v) is 6.16. The molecule has 3 aromatic carbocycles. The van der Waals surface area contributed by atoms with E-state index in [9.17, 15) is 4.79 Å². The molecular weight excluding hydrogens is 388 g/mol. The molecule has 1 amide bonds. The van der Waals surface area contributed by atoms with Crippen molar-refractivity contribution in [3.63, 3.8) is 0 Å². The quantitative estimate of drug-likeness (QED) is 0.569. The van der Waals surface area contributed by atoms with Crippen molar-refractivity contribution in [1.82, 2.24) is 0 Å². The van der Waals surface area contributed by atoms with Crippen LogP contribution in [0, 0.1) is 0 Å². The van der Waals surface area contributed by atoms with Crippen molar-refractivity contribution in [1.29, 1.82) is 0 Å². The predicted molar refractivity (Wildman–Crippen MR) is 122 cm³/mol. The highest BCUT2D eigenvalue weighted by molar-refractivity contribution is 6.17. The minimum atomic E-state index is -0.157. The van der Waals surface area contributed by atoms with Gasteiger partial charge >= 0.3 is 0 Å². The van der Waals surface area contributed by atoms with Gasteiger partial charge in [-0.1, -0.05) is 49.4 Å². The molecule has 31 heavy (non-hydrogen) atoms. The Morgan fingerprint density at radius 3 is 2.48 bits per heavy atom. The van der Waals surface area contributed by atoms with Gasteiger partial charge in [0, 0.05) is 6.42 Å². The molecule has 0 saturated heterocycles. The first kappa shape index (κ1) is 19.4. The molecule has 0 saturated carbocycles. The van der Waals surface area contributed by atoms with Gasteiger partial charge in [0.15, 0.2) is 11.5 Å². The molecular formula is C26H24N2O3. The van der Waals surface area contributed by atoms with E-state index in [0.29, 0.717) is 23.5 Å². The van der Waals surface area contributed by atoms with Crippen LogP contribution in [-0.2, 0) is 6.42 Å². The fourth-order valence-corrected chi connectivity index (χ4v) is 4.57. The fourth-order valence-electron chi connectivity index (χ4n) is 4.57. The first-order valence-electron chi connectivity index (χ1n) is 10.5. The van der Waals surface area contributed by atoms with E-state index in [0.717, 1.165) is 34.6 Å². The molecule has 0 N–H and O–H groups in total. The Morgan fingerprint density at radius 2 is 1.77 bits per heavy atom. The van der Waals surface area contributed by atoms with Crippen LogP contribution >= 0.6 is 0 Å². The monoisotopic (exact) mass is 412 g/mol. The summed E-state index contributed by atoms with van der Waals surface area (Å²) in [5.41, 5.74) is 6.47. The molecule has 0 aromatic heterocycles. The van der Waals surface area contributed by atoms with Crippen molar-refractivity contribution >= 4 is 23.0 Å². The van der Waals surface area contributed by atoms with Gasteiger partial charge in [-0.15, -0.1) is 0 Å². The number of benzene rings is 3. The summed E-state index contributed by atoms with van der Waals surface area (Å²) >= 11 is 0. The Morgan fingerprint density at radius 1 is 1.00 bits per heavy atom. The number of aliphatic imine (C=N–C) groups is 1. The lowest BCUT2D eigenvalue weighted by atomic mass is 9.95. The maximum Gasteiger partial charge on any atom is 0.263 e. The Labute approximate surface area is 181 Å². The average molecular weight is 412 g/mol. The summed E-state index contributed by atoms with van der Waals surface area (Å²) in [5, 5.41) is 0. The van der Waals surface area contributed by atoms with Crippen molar-refractivity contribution in [2.45, 2.75) is 25.8 Å². The summed E-state index contributed by atoms with van der Waals surface area (Å²) in [7, 11) is 3.16. The number of carbonyl (C=O) groups excluding carboxylic acids is 1. The predicted octanol–water partition coefficient (Wildman–Crippen LogP) is 5.49. The maximum atomic E-state index is 13.7. The van der Waals surface area contributed by atoms with Crippen molar-refractivity contribution in [3.8, 4) is 11.5 Å². The van der Waals surface area contributed by atoms with Crippen molar-refractivity contribution < 1.29 is 14.3 Å². The van der Waals surface area contributed by atoms with E-state index in [2.05, 4.69) is 31.2 Å². The normalized spacial score (nSPS) is 16.7. The molecule has 0 spiro atoms. The number of ether oxygens (including phenoxy) is 2. The molecule has 2 aliphatic heterocycles. The molecule has 5 rings (SSSR count). The number of fused-ring (bicyclic) bond motifs is 5. The number of methoxy groups -OCH3 is 2. The molecule has 0 aliphatic carbocycles. The number of carbonyl (C=O) groups is 1. The molecule has 2 heterocycles. The number of hydrogen-bond donors (Lipinski definition) is 0. The minimum Gasteiger partial charge on any atom is -0.493 e. The van der Waals surface area contributed by atoms with Gasteiger partial charge in [0.25, 0.3) is 5.91 Å². The van der Waals surface area contributed by atoms with Gasteiger partial charge in [0.05, 0.1) is 42.9 Å². The lowest BCUT2D eigenvalue weighted by Gasteiger charge is -2.24. The van der Waals surface area contributed by atoms with Crippen LogP contribution in [0.25, 0.3) is 0 Å². The van der Waals surface area contributed by atoms with Crippen LogP contribution < -0.4 is 14.4 Å². The molecule has 3 aromatic rings. The molecule has 1 unspecified atom stereocenters. The largest absolute Gasteiger partial charge is 0.493 e. The van der Waals surface area contributed by atoms with Gasteiger partial charge in [0.1, 0.15) is 0 Å². The first-order chi connectivity index (χ1) is 15.2. The van der Waals surface area contributed by atoms with Gasteiger partial charge < -0.3 is 9.47 Å². The highest BCUT2D eigenvalue weighted by atomic mass is 16.5. The van der Waals surface area contributed by atoms with E-state index >= 15 is 0 Å². The second-order valence-corrected chi connectivity index (χ2v) is 7.76. The van der Waals surface area contributed by atoms with Crippen LogP contribution in [0.3, 0.4) is 0 Å². The van der Waals surface area contributed by atoms with Crippen LogP contribution in [0.5, 0.6) is 11.5 Å². The van der Waals surface area contributed by atoms with Crippen LogP contribution in [0.1, 0.15) is 46.4 Å². The molecule has 0 radical (unpaired) electrons. The van der Waals surface area contributed by atoms with Crippen LogP contribution in [-0.4, -0.2) is 25.8 Å². The van der Waals surface area contributed by atoms with Crippen LogP contribution in [0.4, 0.5) is 11.4 Å². The number of nitrogens with zero attached hydrogens (tertiary/aromatic N) is 2. The van der Waals surface area contributed by atoms with Gasteiger partial charge in [-0.2, -0.15) is 0 Å².